The third-order valence-corrected chi connectivity index (χ3v) is 3.45. The quantitative estimate of drug-likeness (QED) is 0.545. The van der Waals surface area contributed by atoms with Gasteiger partial charge in [-0.25, -0.2) is 0 Å². The Bertz CT molecular complexity index is 334. The summed E-state index contributed by atoms with van der Waals surface area (Å²) in [5, 5.41) is 0. The molecule has 0 aromatic heterocycles. The summed E-state index contributed by atoms with van der Waals surface area (Å²) in [7, 11) is 0. The molecule has 1 aromatic carbocycles. The Balaban J connectivity index is 2.62. The number of unbranched alkanes of at least 4 members (excludes halogenated alkanes) is 3. The maximum Gasteiger partial charge on any atom is 0.0350 e. The smallest absolute Gasteiger partial charge is 0.0350 e. The van der Waals surface area contributed by atoms with Crippen LogP contribution < -0.4 is 11.5 Å². The van der Waals surface area contributed by atoms with Crippen molar-refractivity contribution in [1.82, 2.24) is 0 Å². The van der Waals surface area contributed by atoms with Crippen molar-refractivity contribution in [2.24, 2.45) is 0 Å². The van der Waals surface area contributed by atoms with Crippen LogP contribution in [0.1, 0.15) is 63.9 Å². The molecule has 4 N–H and O–H groups in total. The topological polar surface area (TPSA) is 52.0 Å². The minimum absolute atomic E-state index is 0.565. The summed E-state index contributed by atoms with van der Waals surface area (Å²) in [4.78, 5) is 0. The van der Waals surface area contributed by atoms with Crippen molar-refractivity contribution in [1.29, 1.82) is 0 Å². The Labute approximate surface area is 105 Å². The second-order valence-electron chi connectivity index (χ2n) is 4.84. The molecule has 0 aliphatic rings. The van der Waals surface area contributed by atoms with E-state index in [1.807, 2.05) is 18.2 Å². The van der Waals surface area contributed by atoms with E-state index in [0.717, 1.165) is 17.8 Å². The molecule has 0 heterocycles. The van der Waals surface area contributed by atoms with Crippen LogP contribution in [-0.2, 0) is 0 Å². The molecule has 0 saturated carbocycles. The average Bonchev–Trinajstić information content (AvgIpc) is 2.33. The number of nitrogen functional groups attached to an aromatic ring is 2. The summed E-state index contributed by atoms with van der Waals surface area (Å²) in [6, 6.07) is 5.85. The van der Waals surface area contributed by atoms with Crippen LogP contribution in [0.5, 0.6) is 0 Å². The summed E-state index contributed by atoms with van der Waals surface area (Å²) >= 11 is 0. The lowest BCUT2D eigenvalue weighted by Gasteiger charge is -2.18. The highest BCUT2D eigenvalue weighted by Gasteiger charge is 2.12. The molecule has 0 bridgehead atoms. The normalized spacial score (nSPS) is 12.6. The van der Waals surface area contributed by atoms with Gasteiger partial charge in [0.1, 0.15) is 0 Å². The molecule has 0 amide bonds. The van der Waals surface area contributed by atoms with Gasteiger partial charge in [-0.05, 0) is 42.5 Å². The first-order valence-electron chi connectivity index (χ1n) is 6.83. The van der Waals surface area contributed by atoms with Crippen LogP contribution in [-0.4, -0.2) is 0 Å². The number of hydrogen-bond acceptors (Lipinski definition) is 2. The van der Waals surface area contributed by atoms with Crippen molar-refractivity contribution in [3.63, 3.8) is 0 Å². The molecule has 2 nitrogen and oxygen atoms in total. The van der Waals surface area contributed by atoms with Crippen LogP contribution in [0.4, 0.5) is 11.4 Å². The Morgan fingerprint density at radius 1 is 1.06 bits per heavy atom. The van der Waals surface area contributed by atoms with Crippen molar-refractivity contribution in [3.8, 4) is 0 Å². The lowest BCUT2D eigenvalue weighted by Crippen LogP contribution is -2.03. The summed E-state index contributed by atoms with van der Waals surface area (Å²) < 4.78 is 0. The van der Waals surface area contributed by atoms with Crippen LogP contribution in [0.3, 0.4) is 0 Å². The van der Waals surface area contributed by atoms with Gasteiger partial charge in [0.15, 0.2) is 0 Å². The number of hydrogen-bond donors (Lipinski definition) is 2. The maximum absolute atomic E-state index is 6.04. The van der Waals surface area contributed by atoms with E-state index in [0.29, 0.717) is 5.92 Å². The van der Waals surface area contributed by atoms with E-state index in [-0.39, 0.29) is 0 Å². The van der Waals surface area contributed by atoms with E-state index < -0.39 is 0 Å². The van der Waals surface area contributed by atoms with Gasteiger partial charge < -0.3 is 11.5 Å². The minimum Gasteiger partial charge on any atom is -0.399 e. The fraction of sp³-hybridized carbons (Fsp3) is 0.600. The first kappa shape index (κ1) is 13.9. The lowest BCUT2D eigenvalue weighted by atomic mass is 9.89. The Morgan fingerprint density at radius 3 is 2.47 bits per heavy atom. The molecule has 1 aromatic rings. The third kappa shape index (κ3) is 4.29. The molecule has 1 rings (SSSR count). The van der Waals surface area contributed by atoms with Crippen molar-refractivity contribution in [2.75, 3.05) is 11.5 Å². The summed E-state index contributed by atoms with van der Waals surface area (Å²) in [6.07, 6.45) is 7.61. The van der Waals surface area contributed by atoms with Crippen LogP contribution in [0, 0.1) is 0 Å². The van der Waals surface area contributed by atoms with E-state index in [1.54, 1.807) is 0 Å². The van der Waals surface area contributed by atoms with Gasteiger partial charge >= 0.3 is 0 Å². The highest BCUT2D eigenvalue weighted by Crippen LogP contribution is 2.31. The monoisotopic (exact) mass is 234 g/mol. The molecule has 0 aliphatic carbocycles. The van der Waals surface area contributed by atoms with Crippen molar-refractivity contribution < 1.29 is 0 Å². The number of nitrogens with two attached hydrogens (primary N) is 2. The Hall–Kier alpha value is -1.18. The lowest BCUT2D eigenvalue weighted by molar-refractivity contribution is 0.544. The molecule has 17 heavy (non-hydrogen) atoms. The molecule has 0 fully saturated rings. The zero-order valence-electron chi connectivity index (χ0n) is 11.2. The Morgan fingerprint density at radius 2 is 1.82 bits per heavy atom. The molecule has 2 heteroatoms. The van der Waals surface area contributed by atoms with Crippen molar-refractivity contribution in [3.05, 3.63) is 23.8 Å². The summed E-state index contributed by atoms with van der Waals surface area (Å²) in [5.74, 6) is 0.565. The average molecular weight is 234 g/mol. The van der Waals surface area contributed by atoms with Crippen LogP contribution in [0.25, 0.3) is 0 Å². The SMILES string of the molecule is CCCCCCC(CC)c1cc(N)ccc1N. The highest BCUT2D eigenvalue weighted by molar-refractivity contribution is 5.56. The molecule has 0 saturated heterocycles. The second-order valence-corrected chi connectivity index (χ2v) is 4.84. The molecule has 0 spiro atoms. The predicted octanol–water partition coefficient (Wildman–Crippen LogP) is 4.32. The molecular formula is C15H26N2. The van der Waals surface area contributed by atoms with Gasteiger partial charge in [-0.3, -0.25) is 0 Å². The van der Waals surface area contributed by atoms with Crippen LogP contribution >= 0.6 is 0 Å². The number of anilines is 2. The first-order chi connectivity index (χ1) is 8.19. The first-order valence-corrected chi connectivity index (χ1v) is 6.83. The van der Waals surface area contributed by atoms with Gasteiger partial charge in [-0.15, -0.1) is 0 Å². The number of benzene rings is 1. The van der Waals surface area contributed by atoms with E-state index >= 15 is 0 Å². The van der Waals surface area contributed by atoms with Gasteiger partial charge in [0.25, 0.3) is 0 Å². The van der Waals surface area contributed by atoms with Gasteiger partial charge in [0.2, 0.25) is 0 Å². The molecular weight excluding hydrogens is 208 g/mol. The molecule has 0 aliphatic heterocycles. The molecule has 0 radical (unpaired) electrons. The second kappa shape index (κ2) is 7.21. The maximum atomic E-state index is 6.04. The molecule has 96 valence electrons. The fourth-order valence-corrected chi connectivity index (χ4v) is 2.34. The van der Waals surface area contributed by atoms with Gasteiger partial charge in [0.05, 0.1) is 0 Å². The van der Waals surface area contributed by atoms with Gasteiger partial charge in [0, 0.05) is 11.4 Å². The van der Waals surface area contributed by atoms with Gasteiger partial charge in [-0.1, -0.05) is 39.5 Å². The summed E-state index contributed by atoms with van der Waals surface area (Å²) in [5.41, 5.74) is 14.8. The highest BCUT2D eigenvalue weighted by atomic mass is 14.6. The van der Waals surface area contributed by atoms with Crippen LogP contribution in [0.2, 0.25) is 0 Å². The molecule has 1 atom stereocenters. The van der Waals surface area contributed by atoms with E-state index in [1.165, 1.54) is 37.7 Å². The molecule has 1 unspecified atom stereocenters. The predicted molar refractivity (Wildman–Crippen MR) is 77.1 cm³/mol. The zero-order valence-corrected chi connectivity index (χ0v) is 11.2. The van der Waals surface area contributed by atoms with Crippen molar-refractivity contribution in [2.45, 2.75) is 58.3 Å². The standard InChI is InChI=1S/C15H26N2/c1-3-5-6-7-8-12(4-2)14-11-13(16)9-10-15(14)17/h9-12H,3-8,16-17H2,1-2H3. The van der Waals surface area contributed by atoms with E-state index in [4.69, 9.17) is 11.5 Å². The van der Waals surface area contributed by atoms with Gasteiger partial charge in [-0.2, -0.15) is 0 Å². The summed E-state index contributed by atoms with van der Waals surface area (Å²) in [6.45, 7) is 4.47. The Kier molecular flexibility index (Phi) is 5.88. The fourth-order valence-electron chi connectivity index (χ4n) is 2.34. The van der Waals surface area contributed by atoms with E-state index in [2.05, 4.69) is 13.8 Å². The number of rotatable bonds is 7. The zero-order chi connectivity index (χ0) is 12.7. The minimum atomic E-state index is 0.565. The van der Waals surface area contributed by atoms with Crippen molar-refractivity contribution >= 4 is 11.4 Å². The third-order valence-electron chi connectivity index (χ3n) is 3.45. The largest absolute Gasteiger partial charge is 0.399 e. The van der Waals surface area contributed by atoms with Crippen LogP contribution in [0.15, 0.2) is 18.2 Å². The van der Waals surface area contributed by atoms with E-state index in [9.17, 15) is 0 Å².